The molecule has 1 N–H and O–H groups in total. The first-order valence-corrected chi connectivity index (χ1v) is 10.9. The highest BCUT2D eigenvalue weighted by atomic mass is 79.9. The normalized spacial score (nSPS) is 14.5. The van der Waals surface area contributed by atoms with Gasteiger partial charge >= 0.3 is 6.03 Å². The van der Waals surface area contributed by atoms with Crippen LogP contribution >= 0.6 is 15.9 Å². The van der Waals surface area contributed by atoms with Gasteiger partial charge in [0.25, 0.3) is 5.91 Å². The Labute approximate surface area is 198 Å². The predicted molar refractivity (Wildman–Crippen MR) is 125 cm³/mol. The van der Waals surface area contributed by atoms with Crippen LogP contribution in [0.15, 0.2) is 76.9 Å². The second kappa shape index (κ2) is 9.87. The predicted octanol–water partition coefficient (Wildman–Crippen LogP) is 5.27. The maximum Gasteiger partial charge on any atom is 0.329 e. The summed E-state index contributed by atoms with van der Waals surface area (Å²) < 4.78 is 25.9. The van der Waals surface area contributed by atoms with Gasteiger partial charge in [-0.2, -0.15) is 0 Å². The zero-order valence-corrected chi connectivity index (χ0v) is 19.3. The summed E-state index contributed by atoms with van der Waals surface area (Å²) in [5, 5.41) is 2.61. The Bertz CT molecular complexity index is 1230. The minimum absolute atomic E-state index is 0.0447. The van der Waals surface area contributed by atoms with Gasteiger partial charge in [0.1, 0.15) is 18.1 Å². The molecule has 6 nitrogen and oxygen atoms in total. The first-order valence-electron chi connectivity index (χ1n) is 10.1. The fraction of sp³-hybridized carbons (Fsp3) is 0.120. The quantitative estimate of drug-likeness (QED) is 0.347. The summed E-state index contributed by atoms with van der Waals surface area (Å²) in [4.78, 5) is 26.3. The molecule has 0 aliphatic carbocycles. The molecular formula is C25H20BrFN2O4. The molecule has 4 rings (SSSR count). The summed E-state index contributed by atoms with van der Waals surface area (Å²) >= 11 is 3.37. The van der Waals surface area contributed by atoms with Crippen molar-refractivity contribution in [3.8, 4) is 11.5 Å². The lowest BCUT2D eigenvalue weighted by molar-refractivity contribution is -0.123. The van der Waals surface area contributed by atoms with E-state index in [1.807, 2.05) is 24.3 Å². The van der Waals surface area contributed by atoms with Crippen LogP contribution in [0.1, 0.15) is 16.7 Å². The van der Waals surface area contributed by atoms with Crippen molar-refractivity contribution in [2.24, 2.45) is 0 Å². The second-order valence-electron chi connectivity index (χ2n) is 7.30. The number of imide groups is 1. The number of ether oxygens (including phenoxy) is 2. The molecule has 1 saturated heterocycles. The van der Waals surface area contributed by atoms with E-state index in [4.69, 9.17) is 9.47 Å². The average molecular weight is 511 g/mol. The van der Waals surface area contributed by atoms with E-state index in [9.17, 15) is 14.0 Å². The molecule has 0 unspecified atom stereocenters. The van der Waals surface area contributed by atoms with Gasteiger partial charge in [0, 0.05) is 10.0 Å². The number of urea groups is 1. The molecule has 0 saturated carbocycles. The summed E-state index contributed by atoms with van der Waals surface area (Å²) in [6.07, 6.45) is 1.57. The number of benzene rings is 3. The molecule has 0 atom stereocenters. The van der Waals surface area contributed by atoms with Crippen molar-refractivity contribution in [1.29, 1.82) is 0 Å². The number of hydrogen-bond donors (Lipinski definition) is 1. The highest BCUT2D eigenvalue weighted by Gasteiger charge is 2.33. The number of rotatable bonds is 7. The largest absolute Gasteiger partial charge is 0.493 e. The number of amides is 3. The van der Waals surface area contributed by atoms with Crippen molar-refractivity contribution in [3.05, 3.63) is 99.4 Å². The van der Waals surface area contributed by atoms with Crippen LogP contribution in [-0.2, 0) is 17.9 Å². The van der Waals surface area contributed by atoms with Crippen molar-refractivity contribution < 1.29 is 23.5 Å². The van der Waals surface area contributed by atoms with Gasteiger partial charge < -0.3 is 14.8 Å². The number of carbonyl (C=O) groups excluding carboxylic acids is 2. The van der Waals surface area contributed by atoms with Gasteiger partial charge in [-0.1, -0.05) is 52.3 Å². The van der Waals surface area contributed by atoms with Gasteiger partial charge in [-0.05, 0) is 47.5 Å². The second-order valence-corrected chi connectivity index (χ2v) is 8.21. The molecule has 0 spiro atoms. The maximum absolute atomic E-state index is 13.8. The van der Waals surface area contributed by atoms with Crippen molar-refractivity contribution in [2.45, 2.75) is 13.2 Å². The van der Waals surface area contributed by atoms with Crippen LogP contribution < -0.4 is 14.8 Å². The van der Waals surface area contributed by atoms with E-state index in [0.29, 0.717) is 22.6 Å². The van der Waals surface area contributed by atoms with Gasteiger partial charge in [0.15, 0.2) is 11.5 Å². The van der Waals surface area contributed by atoms with E-state index in [2.05, 4.69) is 21.2 Å². The monoisotopic (exact) mass is 510 g/mol. The van der Waals surface area contributed by atoms with Crippen LogP contribution in [0, 0.1) is 5.82 Å². The number of methoxy groups -OCH3 is 1. The van der Waals surface area contributed by atoms with Gasteiger partial charge in [0.05, 0.1) is 13.7 Å². The summed E-state index contributed by atoms with van der Waals surface area (Å²) in [6, 6.07) is 18.4. The number of carbonyl (C=O) groups is 2. The van der Waals surface area contributed by atoms with Gasteiger partial charge in [0.2, 0.25) is 0 Å². The Hall–Kier alpha value is -3.65. The van der Waals surface area contributed by atoms with Crippen LogP contribution in [0.25, 0.3) is 6.08 Å². The van der Waals surface area contributed by atoms with Crippen molar-refractivity contribution in [1.82, 2.24) is 10.2 Å². The van der Waals surface area contributed by atoms with Crippen molar-refractivity contribution >= 4 is 33.9 Å². The molecule has 1 heterocycles. The Morgan fingerprint density at radius 1 is 1.03 bits per heavy atom. The third-order valence-electron chi connectivity index (χ3n) is 5.06. The zero-order valence-electron chi connectivity index (χ0n) is 17.7. The lowest BCUT2D eigenvalue weighted by atomic mass is 10.1. The number of hydrogen-bond acceptors (Lipinski definition) is 4. The molecule has 3 aromatic carbocycles. The molecule has 8 heteroatoms. The first kappa shape index (κ1) is 22.5. The molecule has 0 bridgehead atoms. The van der Waals surface area contributed by atoms with E-state index < -0.39 is 11.9 Å². The summed E-state index contributed by atoms with van der Waals surface area (Å²) in [6.45, 7) is 0.213. The topological polar surface area (TPSA) is 67.9 Å². The molecule has 1 aliphatic rings. The Morgan fingerprint density at radius 3 is 2.52 bits per heavy atom. The number of halogens is 2. The average Bonchev–Trinajstić information content (AvgIpc) is 3.07. The van der Waals surface area contributed by atoms with Crippen LogP contribution in [-0.4, -0.2) is 23.9 Å². The van der Waals surface area contributed by atoms with E-state index in [1.54, 1.807) is 42.5 Å². The molecule has 1 aliphatic heterocycles. The van der Waals surface area contributed by atoms with Crippen molar-refractivity contribution in [3.63, 3.8) is 0 Å². The standard InChI is InChI=1S/C25H20BrFN2O4/c1-32-23-13-17(8-11-22(23)33-15-18-4-2-3-5-20(18)27)12-21-24(30)29(25(31)28-21)14-16-6-9-19(26)10-7-16/h2-13H,14-15H2,1H3,(H,28,31)/b21-12+. The van der Waals surface area contributed by atoms with E-state index in [-0.39, 0.29) is 24.7 Å². The Balaban J connectivity index is 1.49. The number of nitrogens with zero attached hydrogens (tertiary/aromatic N) is 1. The molecule has 1 fully saturated rings. The lowest BCUT2D eigenvalue weighted by Gasteiger charge is -2.12. The Morgan fingerprint density at radius 2 is 1.79 bits per heavy atom. The van der Waals surface area contributed by atoms with Crippen LogP contribution in [0.4, 0.5) is 9.18 Å². The third kappa shape index (κ3) is 5.23. The summed E-state index contributed by atoms with van der Waals surface area (Å²) in [5.74, 6) is 0.0912. The van der Waals surface area contributed by atoms with Crippen molar-refractivity contribution in [2.75, 3.05) is 7.11 Å². The summed E-state index contributed by atoms with van der Waals surface area (Å²) in [7, 11) is 1.49. The fourth-order valence-electron chi connectivity index (χ4n) is 3.32. The van der Waals surface area contributed by atoms with E-state index in [1.165, 1.54) is 13.2 Å². The molecule has 168 valence electrons. The minimum Gasteiger partial charge on any atom is -0.493 e. The third-order valence-corrected chi connectivity index (χ3v) is 5.58. The van der Waals surface area contributed by atoms with Crippen LogP contribution in [0.3, 0.4) is 0 Å². The lowest BCUT2D eigenvalue weighted by Crippen LogP contribution is -2.30. The fourth-order valence-corrected chi connectivity index (χ4v) is 3.58. The van der Waals surface area contributed by atoms with Gasteiger partial charge in [-0.15, -0.1) is 0 Å². The highest BCUT2D eigenvalue weighted by molar-refractivity contribution is 9.10. The minimum atomic E-state index is -0.481. The molecular weight excluding hydrogens is 491 g/mol. The zero-order chi connectivity index (χ0) is 23.4. The smallest absolute Gasteiger partial charge is 0.329 e. The molecule has 3 amide bonds. The SMILES string of the molecule is COc1cc(/C=C2/NC(=O)N(Cc3ccc(Br)cc3)C2=O)ccc1OCc1ccccc1F. The van der Waals surface area contributed by atoms with E-state index >= 15 is 0 Å². The highest BCUT2D eigenvalue weighted by Crippen LogP contribution is 2.30. The molecule has 0 aromatic heterocycles. The van der Waals surface area contributed by atoms with Crippen LogP contribution in [0.2, 0.25) is 0 Å². The van der Waals surface area contributed by atoms with Crippen LogP contribution in [0.5, 0.6) is 11.5 Å². The first-order chi connectivity index (χ1) is 15.9. The molecule has 0 radical (unpaired) electrons. The molecule has 33 heavy (non-hydrogen) atoms. The number of nitrogens with one attached hydrogen (secondary N) is 1. The Kier molecular flexibility index (Phi) is 6.74. The van der Waals surface area contributed by atoms with E-state index in [0.717, 1.165) is 14.9 Å². The van der Waals surface area contributed by atoms with Gasteiger partial charge in [-0.3, -0.25) is 9.69 Å². The maximum atomic E-state index is 13.8. The molecule has 3 aromatic rings. The van der Waals surface area contributed by atoms with Gasteiger partial charge in [-0.25, -0.2) is 9.18 Å². The summed E-state index contributed by atoms with van der Waals surface area (Å²) in [5.41, 5.74) is 2.07.